The lowest BCUT2D eigenvalue weighted by Crippen LogP contribution is -2.17. The van der Waals surface area contributed by atoms with Crippen molar-refractivity contribution in [1.82, 2.24) is 15.1 Å². The van der Waals surface area contributed by atoms with E-state index in [9.17, 15) is 0 Å². The van der Waals surface area contributed by atoms with E-state index in [2.05, 4.69) is 38.1 Å². The topological polar surface area (TPSA) is 29.9 Å². The van der Waals surface area contributed by atoms with Crippen LogP contribution in [-0.4, -0.2) is 20.6 Å². The van der Waals surface area contributed by atoms with Crippen molar-refractivity contribution in [3.63, 3.8) is 0 Å². The Bertz CT molecular complexity index is 400. The van der Waals surface area contributed by atoms with Gasteiger partial charge < -0.3 is 5.32 Å². The van der Waals surface area contributed by atoms with Crippen LogP contribution in [0.1, 0.15) is 44.9 Å². The summed E-state index contributed by atoms with van der Waals surface area (Å²) in [5.41, 5.74) is 2.53. The van der Waals surface area contributed by atoms with Crippen LogP contribution < -0.4 is 5.32 Å². The van der Waals surface area contributed by atoms with E-state index in [1.165, 1.54) is 23.4 Å². The maximum atomic E-state index is 4.55. The van der Waals surface area contributed by atoms with E-state index in [1.54, 1.807) is 0 Å². The standard InChI is InChI=1S/C13H23N3S/c1-9-11(8-14-10-6-7-10)12(16(5)15-9)17-13(2,3)4/h10,14H,6-8H2,1-5H3. The Morgan fingerprint density at radius 2 is 2.06 bits per heavy atom. The Kier molecular flexibility index (Phi) is 3.55. The Labute approximate surface area is 108 Å². The molecule has 0 radical (unpaired) electrons. The van der Waals surface area contributed by atoms with E-state index in [0.29, 0.717) is 0 Å². The van der Waals surface area contributed by atoms with Crippen LogP contribution in [0.3, 0.4) is 0 Å². The summed E-state index contributed by atoms with van der Waals surface area (Å²) in [6.45, 7) is 9.81. The molecular formula is C13H23N3S. The average Bonchev–Trinajstić information content (AvgIpc) is 2.94. The molecule has 2 rings (SSSR count). The van der Waals surface area contributed by atoms with Gasteiger partial charge in [-0.3, -0.25) is 4.68 Å². The normalized spacial score (nSPS) is 16.5. The molecule has 1 fully saturated rings. The lowest BCUT2D eigenvalue weighted by molar-refractivity contribution is 0.654. The van der Waals surface area contributed by atoms with Crippen LogP contribution in [-0.2, 0) is 13.6 Å². The number of thioether (sulfide) groups is 1. The van der Waals surface area contributed by atoms with Crippen LogP contribution in [0.4, 0.5) is 0 Å². The lowest BCUT2D eigenvalue weighted by Gasteiger charge is -2.18. The molecule has 0 unspecified atom stereocenters. The molecule has 1 aromatic rings. The second kappa shape index (κ2) is 4.65. The fourth-order valence-corrected chi connectivity index (χ4v) is 2.93. The van der Waals surface area contributed by atoms with Crippen molar-refractivity contribution in [1.29, 1.82) is 0 Å². The van der Waals surface area contributed by atoms with Gasteiger partial charge in [-0.2, -0.15) is 5.10 Å². The maximum Gasteiger partial charge on any atom is 0.0989 e. The van der Waals surface area contributed by atoms with Crippen molar-refractivity contribution in [3.8, 4) is 0 Å². The summed E-state index contributed by atoms with van der Waals surface area (Å²) in [5.74, 6) is 0. The Morgan fingerprint density at radius 1 is 1.41 bits per heavy atom. The van der Waals surface area contributed by atoms with Crippen molar-refractivity contribution in [3.05, 3.63) is 11.3 Å². The Balaban J connectivity index is 2.15. The average molecular weight is 253 g/mol. The van der Waals surface area contributed by atoms with Gasteiger partial charge in [-0.15, -0.1) is 11.8 Å². The minimum absolute atomic E-state index is 0.231. The molecule has 0 aliphatic heterocycles. The van der Waals surface area contributed by atoms with E-state index >= 15 is 0 Å². The third-order valence-electron chi connectivity index (χ3n) is 2.84. The molecule has 1 aliphatic carbocycles. The van der Waals surface area contributed by atoms with E-state index in [0.717, 1.165) is 18.3 Å². The summed E-state index contributed by atoms with van der Waals surface area (Å²) < 4.78 is 2.25. The number of rotatable bonds is 4. The highest BCUT2D eigenvalue weighted by atomic mass is 32.2. The van der Waals surface area contributed by atoms with Gasteiger partial charge in [-0.1, -0.05) is 20.8 Å². The van der Waals surface area contributed by atoms with Gasteiger partial charge in [0.15, 0.2) is 0 Å². The fraction of sp³-hybridized carbons (Fsp3) is 0.769. The molecule has 0 atom stereocenters. The molecule has 96 valence electrons. The first-order valence-electron chi connectivity index (χ1n) is 6.31. The van der Waals surface area contributed by atoms with E-state index in [4.69, 9.17) is 0 Å². The number of aromatic nitrogens is 2. The quantitative estimate of drug-likeness (QED) is 0.837. The molecule has 0 saturated heterocycles. The molecule has 0 aromatic carbocycles. The van der Waals surface area contributed by atoms with Crippen molar-refractivity contribution < 1.29 is 0 Å². The zero-order chi connectivity index (χ0) is 12.6. The molecule has 1 aromatic heterocycles. The summed E-state index contributed by atoms with van der Waals surface area (Å²) in [6, 6.07) is 0.752. The molecule has 3 nitrogen and oxygen atoms in total. The monoisotopic (exact) mass is 253 g/mol. The predicted octanol–water partition coefficient (Wildman–Crippen LogP) is 2.87. The number of aryl methyl sites for hydroxylation is 2. The lowest BCUT2D eigenvalue weighted by atomic mass is 10.2. The zero-order valence-corrected chi connectivity index (χ0v) is 12.3. The molecule has 0 spiro atoms. The largest absolute Gasteiger partial charge is 0.310 e. The van der Waals surface area contributed by atoms with Gasteiger partial charge in [0.2, 0.25) is 0 Å². The van der Waals surface area contributed by atoms with Gasteiger partial charge in [0.05, 0.1) is 10.7 Å². The van der Waals surface area contributed by atoms with Crippen LogP contribution in [0.25, 0.3) is 0 Å². The third-order valence-corrected chi connectivity index (χ3v) is 4.15. The summed E-state index contributed by atoms with van der Waals surface area (Å²) in [5, 5.41) is 9.44. The van der Waals surface area contributed by atoms with Crippen molar-refractivity contribution in [2.45, 2.75) is 62.9 Å². The highest BCUT2D eigenvalue weighted by molar-refractivity contribution is 8.00. The minimum atomic E-state index is 0.231. The fourth-order valence-electron chi connectivity index (χ4n) is 1.84. The van der Waals surface area contributed by atoms with Crippen LogP contribution >= 0.6 is 11.8 Å². The maximum absolute atomic E-state index is 4.55. The van der Waals surface area contributed by atoms with Crippen molar-refractivity contribution >= 4 is 11.8 Å². The van der Waals surface area contributed by atoms with Gasteiger partial charge in [-0.25, -0.2) is 0 Å². The molecule has 1 saturated carbocycles. The summed E-state index contributed by atoms with van der Waals surface area (Å²) >= 11 is 1.91. The third kappa shape index (κ3) is 3.49. The first-order valence-corrected chi connectivity index (χ1v) is 7.13. The zero-order valence-electron chi connectivity index (χ0n) is 11.5. The first kappa shape index (κ1) is 13.0. The van der Waals surface area contributed by atoms with Gasteiger partial charge in [0.1, 0.15) is 0 Å². The van der Waals surface area contributed by atoms with Gasteiger partial charge in [-0.05, 0) is 19.8 Å². The Hall–Kier alpha value is -0.480. The molecule has 4 heteroatoms. The molecule has 1 N–H and O–H groups in total. The van der Waals surface area contributed by atoms with Crippen LogP contribution in [0.15, 0.2) is 5.03 Å². The molecule has 17 heavy (non-hydrogen) atoms. The highest BCUT2D eigenvalue weighted by Crippen LogP contribution is 2.35. The van der Waals surface area contributed by atoms with Crippen LogP contribution in [0.2, 0.25) is 0 Å². The highest BCUT2D eigenvalue weighted by Gasteiger charge is 2.24. The SMILES string of the molecule is Cc1nn(C)c(SC(C)(C)C)c1CNC1CC1. The first-order chi connectivity index (χ1) is 7.87. The molecular weight excluding hydrogens is 230 g/mol. The van der Waals surface area contributed by atoms with Crippen LogP contribution in [0, 0.1) is 6.92 Å². The number of hydrogen-bond donors (Lipinski definition) is 1. The van der Waals surface area contributed by atoms with E-state index in [1.807, 2.05) is 23.5 Å². The predicted molar refractivity (Wildman–Crippen MR) is 73.4 cm³/mol. The molecule has 1 heterocycles. The molecule has 0 amide bonds. The number of hydrogen-bond acceptors (Lipinski definition) is 3. The second-order valence-corrected chi connectivity index (χ2v) is 7.68. The molecule has 1 aliphatic rings. The van der Waals surface area contributed by atoms with Gasteiger partial charge >= 0.3 is 0 Å². The number of nitrogens with one attached hydrogen (secondary N) is 1. The van der Waals surface area contributed by atoms with Crippen molar-refractivity contribution in [2.75, 3.05) is 0 Å². The Morgan fingerprint density at radius 3 is 2.59 bits per heavy atom. The summed E-state index contributed by atoms with van der Waals surface area (Å²) in [4.78, 5) is 0. The van der Waals surface area contributed by atoms with Gasteiger partial charge in [0.25, 0.3) is 0 Å². The van der Waals surface area contributed by atoms with E-state index < -0.39 is 0 Å². The smallest absolute Gasteiger partial charge is 0.0989 e. The number of nitrogens with zero attached hydrogens (tertiary/aromatic N) is 2. The summed E-state index contributed by atoms with van der Waals surface area (Å²) in [6.07, 6.45) is 2.67. The minimum Gasteiger partial charge on any atom is -0.310 e. The van der Waals surface area contributed by atoms with Crippen molar-refractivity contribution in [2.24, 2.45) is 7.05 Å². The van der Waals surface area contributed by atoms with Gasteiger partial charge in [0, 0.05) is 29.9 Å². The second-order valence-electron chi connectivity index (χ2n) is 5.86. The molecule has 0 bridgehead atoms. The van der Waals surface area contributed by atoms with Crippen LogP contribution in [0.5, 0.6) is 0 Å². The summed E-state index contributed by atoms with van der Waals surface area (Å²) in [7, 11) is 2.04. The van der Waals surface area contributed by atoms with E-state index in [-0.39, 0.29) is 4.75 Å².